The van der Waals surface area contributed by atoms with E-state index in [0.29, 0.717) is 61.3 Å². The second-order valence-corrected chi connectivity index (χ2v) is 9.55. The number of rotatable bonds is 7. The minimum atomic E-state index is -0.113. The van der Waals surface area contributed by atoms with Crippen molar-refractivity contribution in [3.05, 3.63) is 56.4 Å². The maximum atomic E-state index is 12.9. The van der Waals surface area contributed by atoms with E-state index in [4.69, 9.17) is 4.74 Å². The van der Waals surface area contributed by atoms with Gasteiger partial charge in [0.1, 0.15) is 16.3 Å². The number of benzene rings is 1. The zero-order valence-corrected chi connectivity index (χ0v) is 20.1. The summed E-state index contributed by atoms with van der Waals surface area (Å²) in [6, 6.07) is 5.53. The number of ether oxygens (including phenoxy) is 1. The third kappa shape index (κ3) is 5.00. The fourth-order valence-corrected chi connectivity index (χ4v) is 5.31. The molecular weight excluding hydrogens is 438 g/mol. The van der Waals surface area contributed by atoms with Gasteiger partial charge in [0.15, 0.2) is 5.78 Å². The molecule has 0 spiro atoms. The Balaban J connectivity index is 1.27. The molecule has 1 aliphatic rings. The van der Waals surface area contributed by atoms with Crippen molar-refractivity contribution >= 4 is 33.2 Å². The number of hydrogen-bond acceptors (Lipinski definition) is 6. The predicted octanol–water partition coefficient (Wildman–Crippen LogP) is 4.05. The molecule has 0 saturated carbocycles. The van der Waals surface area contributed by atoms with Gasteiger partial charge in [0.25, 0.3) is 5.56 Å². The Hall–Kier alpha value is -3.00. The second-order valence-electron chi connectivity index (χ2n) is 8.67. The molecule has 3 aromatic rings. The molecule has 33 heavy (non-hydrogen) atoms. The predicted molar refractivity (Wildman–Crippen MR) is 129 cm³/mol. The zero-order valence-electron chi connectivity index (χ0n) is 19.3. The number of nitrogens with one attached hydrogen (secondary N) is 1. The number of piperidine rings is 1. The number of likely N-dealkylation sites (tertiary alicyclic amines) is 1. The van der Waals surface area contributed by atoms with Crippen LogP contribution in [0.2, 0.25) is 0 Å². The van der Waals surface area contributed by atoms with Crippen LogP contribution >= 0.6 is 11.3 Å². The summed E-state index contributed by atoms with van der Waals surface area (Å²) in [4.78, 5) is 47.0. The van der Waals surface area contributed by atoms with Crippen LogP contribution in [0.1, 0.15) is 53.0 Å². The molecule has 2 aromatic heterocycles. The van der Waals surface area contributed by atoms with Crippen molar-refractivity contribution in [2.24, 2.45) is 5.92 Å². The molecule has 0 aliphatic carbocycles. The molecule has 7 nitrogen and oxygen atoms in total. The number of hydrogen-bond donors (Lipinski definition) is 1. The lowest BCUT2D eigenvalue weighted by Gasteiger charge is -2.31. The lowest BCUT2D eigenvalue weighted by molar-refractivity contribution is -0.132. The lowest BCUT2D eigenvalue weighted by atomic mass is 9.88. The van der Waals surface area contributed by atoms with E-state index in [1.807, 2.05) is 42.3 Å². The summed E-state index contributed by atoms with van der Waals surface area (Å²) in [7, 11) is 1.62. The molecule has 0 unspecified atom stereocenters. The summed E-state index contributed by atoms with van der Waals surface area (Å²) >= 11 is 1.40. The van der Waals surface area contributed by atoms with Gasteiger partial charge in [0, 0.05) is 37.4 Å². The first-order valence-corrected chi connectivity index (χ1v) is 12.2. The van der Waals surface area contributed by atoms with Gasteiger partial charge in [0.2, 0.25) is 5.91 Å². The maximum absolute atomic E-state index is 12.9. The average Bonchev–Trinajstić information content (AvgIpc) is 3.19. The van der Waals surface area contributed by atoms with E-state index in [9.17, 15) is 14.4 Å². The summed E-state index contributed by atoms with van der Waals surface area (Å²) in [5.41, 5.74) is 3.29. The Labute approximate surface area is 196 Å². The number of aromatic nitrogens is 2. The molecule has 3 heterocycles. The number of ketones is 1. The van der Waals surface area contributed by atoms with E-state index >= 15 is 0 Å². The van der Waals surface area contributed by atoms with Crippen molar-refractivity contribution in [1.29, 1.82) is 0 Å². The maximum Gasteiger partial charge on any atom is 0.268 e. The Kier molecular flexibility index (Phi) is 6.93. The van der Waals surface area contributed by atoms with Crippen LogP contribution in [0.3, 0.4) is 0 Å². The number of Topliss-reactive ketones (excluding diaryl/α,β-unsaturated/α-hetero) is 1. The molecule has 1 amide bonds. The summed E-state index contributed by atoms with van der Waals surface area (Å²) in [6.07, 6.45) is 2.94. The van der Waals surface area contributed by atoms with Crippen LogP contribution in [0.25, 0.3) is 10.2 Å². The number of fused-ring (bicyclic) bond motifs is 1. The van der Waals surface area contributed by atoms with Gasteiger partial charge in [-0.1, -0.05) is 0 Å². The first-order valence-electron chi connectivity index (χ1n) is 11.3. The summed E-state index contributed by atoms with van der Waals surface area (Å²) in [6.45, 7) is 5.07. The molecule has 174 valence electrons. The normalized spacial score (nSPS) is 14.6. The number of aryl methyl sites for hydroxylation is 3. The van der Waals surface area contributed by atoms with Crippen LogP contribution in [0.15, 0.2) is 28.4 Å². The Morgan fingerprint density at radius 2 is 1.97 bits per heavy atom. The van der Waals surface area contributed by atoms with Crippen molar-refractivity contribution in [2.75, 3.05) is 20.2 Å². The van der Waals surface area contributed by atoms with Crippen LogP contribution in [-0.2, 0) is 11.2 Å². The number of H-pyrrole nitrogens is 1. The molecule has 1 N–H and O–H groups in total. The van der Waals surface area contributed by atoms with Gasteiger partial charge in [-0.25, -0.2) is 4.98 Å². The highest BCUT2D eigenvalue weighted by Crippen LogP contribution is 2.26. The number of carbonyl (C=O) groups excluding carboxylic acids is 2. The summed E-state index contributed by atoms with van der Waals surface area (Å²) < 4.78 is 5.92. The quantitative estimate of drug-likeness (QED) is 0.529. The SMILES string of the molecule is COc1ccc(C(=O)C2CCN(C(=O)CCCc3nc4c(C)csc4c(=O)[nH]3)CC2)cc1C. The molecule has 0 radical (unpaired) electrons. The van der Waals surface area contributed by atoms with Gasteiger partial charge < -0.3 is 14.6 Å². The highest BCUT2D eigenvalue weighted by atomic mass is 32.1. The topological polar surface area (TPSA) is 92.4 Å². The fraction of sp³-hybridized carbons (Fsp3) is 0.440. The molecule has 1 saturated heterocycles. The number of aromatic amines is 1. The van der Waals surface area contributed by atoms with Crippen molar-refractivity contribution < 1.29 is 14.3 Å². The highest BCUT2D eigenvalue weighted by Gasteiger charge is 2.28. The molecular formula is C25H29N3O4S. The smallest absolute Gasteiger partial charge is 0.268 e. The van der Waals surface area contributed by atoms with Crippen LogP contribution in [0, 0.1) is 19.8 Å². The van der Waals surface area contributed by atoms with Crippen LogP contribution in [0.4, 0.5) is 0 Å². The fourth-order valence-electron chi connectivity index (χ4n) is 4.43. The first kappa shape index (κ1) is 23.2. The lowest BCUT2D eigenvalue weighted by Crippen LogP contribution is -2.40. The average molecular weight is 468 g/mol. The van der Waals surface area contributed by atoms with E-state index in [1.54, 1.807) is 7.11 Å². The Morgan fingerprint density at radius 3 is 2.67 bits per heavy atom. The van der Waals surface area contributed by atoms with E-state index < -0.39 is 0 Å². The van der Waals surface area contributed by atoms with Gasteiger partial charge in [0.05, 0.1) is 12.6 Å². The van der Waals surface area contributed by atoms with E-state index in [0.717, 1.165) is 22.4 Å². The standard InChI is InChI=1S/C25H29N3O4S/c1-15-13-18(7-8-19(15)32-3)23(30)17-9-11-28(12-10-17)21(29)6-4-5-20-26-22-16(2)14-33-24(22)25(31)27-20/h7-8,13-14,17H,4-6,9-12H2,1-3H3,(H,26,27,31). The molecule has 1 aliphatic heterocycles. The van der Waals surface area contributed by atoms with E-state index in [1.165, 1.54) is 11.3 Å². The molecule has 0 atom stereocenters. The van der Waals surface area contributed by atoms with Crippen molar-refractivity contribution in [3.8, 4) is 5.75 Å². The molecule has 8 heteroatoms. The summed E-state index contributed by atoms with van der Waals surface area (Å²) in [5, 5.41) is 1.93. The number of thiophene rings is 1. The van der Waals surface area contributed by atoms with Crippen molar-refractivity contribution in [1.82, 2.24) is 14.9 Å². The monoisotopic (exact) mass is 467 g/mol. The van der Waals surface area contributed by atoms with E-state index in [-0.39, 0.29) is 23.2 Å². The van der Waals surface area contributed by atoms with Gasteiger partial charge in [-0.2, -0.15) is 0 Å². The number of methoxy groups -OCH3 is 1. The minimum Gasteiger partial charge on any atom is -0.496 e. The number of carbonyl (C=O) groups is 2. The van der Waals surface area contributed by atoms with Gasteiger partial charge in [-0.15, -0.1) is 11.3 Å². The Morgan fingerprint density at radius 1 is 1.21 bits per heavy atom. The minimum absolute atomic E-state index is 0.0586. The zero-order chi connectivity index (χ0) is 23.5. The van der Waals surface area contributed by atoms with Crippen molar-refractivity contribution in [3.63, 3.8) is 0 Å². The van der Waals surface area contributed by atoms with Crippen LogP contribution < -0.4 is 10.3 Å². The van der Waals surface area contributed by atoms with Crippen molar-refractivity contribution in [2.45, 2.75) is 46.0 Å². The highest BCUT2D eigenvalue weighted by molar-refractivity contribution is 7.17. The van der Waals surface area contributed by atoms with Crippen LogP contribution in [-0.4, -0.2) is 46.8 Å². The third-order valence-corrected chi connectivity index (χ3v) is 7.44. The van der Waals surface area contributed by atoms with E-state index in [2.05, 4.69) is 9.97 Å². The van der Waals surface area contributed by atoms with Gasteiger partial charge in [-0.05, 0) is 67.8 Å². The Bertz CT molecular complexity index is 1240. The number of nitrogens with zero attached hydrogens (tertiary/aromatic N) is 2. The molecule has 4 rings (SSSR count). The second kappa shape index (κ2) is 9.87. The number of amides is 1. The molecule has 1 aromatic carbocycles. The molecule has 0 bridgehead atoms. The first-order chi connectivity index (χ1) is 15.9. The van der Waals surface area contributed by atoms with Crippen LogP contribution in [0.5, 0.6) is 5.75 Å². The third-order valence-electron chi connectivity index (χ3n) is 6.36. The summed E-state index contributed by atoms with van der Waals surface area (Å²) in [5.74, 6) is 1.58. The molecule has 1 fully saturated rings. The van der Waals surface area contributed by atoms with Gasteiger partial charge >= 0.3 is 0 Å². The van der Waals surface area contributed by atoms with Gasteiger partial charge in [-0.3, -0.25) is 14.4 Å². The largest absolute Gasteiger partial charge is 0.496 e.